The van der Waals surface area contributed by atoms with Crippen molar-refractivity contribution >= 4 is 11.0 Å². The molecule has 5 nitrogen and oxygen atoms in total. The number of hydrogen-bond donors (Lipinski definition) is 0. The van der Waals surface area contributed by atoms with E-state index < -0.39 is 0 Å². The van der Waals surface area contributed by atoms with Gasteiger partial charge in [-0.05, 0) is 34.7 Å². The number of pyridine rings is 1. The molecular formula is C19H23N3O2. The van der Waals surface area contributed by atoms with E-state index in [9.17, 15) is 4.79 Å². The van der Waals surface area contributed by atoms with E-state index in [0.717, 1.165) is 22.2 Å². The van der Waals surface area contributed by atoms with Crippen molar-refractivity contribution in [1.82, 2.24) is 14.1 Å². The summed E-state index contributed by atoms with van der Waals surface area (Å²) in [5, 5.41) is 0. The smallest absolute Gasteiger partial charge is 0.328 e. The number of rotatable bonds is 3. The molecule has 0 radical (unpaired) electrons. The van der Waals surface area contributed by atoms with E-state index in [1.165, 1.54) is 0 Å². The second kappa shape index (κ2) is 5.82. The zero-order valence-corrected chi connectivity index (χ0v) is 14.8. The Morgan fingerprint density at radius 3 is 2.46 bits per heavy atom. The molecule has 0 aliphatic heterocycles. The summed E-state index contributed by atoms with van der Waals surface area (Å²) in [5.41, 5.74) is 3.99. The Bertz CT molecular complexity index is 945. The van der Waals surface area contributed by atoms with Gasteiger partial charge in [0.1, 0.15) is 0 Å². The number of hydrogen-bond acceptors (Lipinski definition) is 3. The van der Waals surface area contributed by atoms with Crippen LogP contribution in [0.3, 0.4) is 0 Å². The molecule has 5 heteroatoms. The molecular weight excluding hydrogens is 302 g/mol. The summed E-state index contributed by atoms with van der Waals surface area (Å²) in [5.74, 6) is 0.576. The molecule has 0 aliphatic rings. The summed E-state index contributed by atoms with van der Waals surface area (Å²) < 4.78 is 8.76. The van der Waals surface area contributed by atoms with E-state index >= 15 is 0 Å². The molecule has 0 aliphatic carbocycles. The highest BCUT2D eigenvalue weighted by atomic mass is 16.5. The first-order valence-electron chi connectivity index (χ1n) is 8.00. The molecule has 2 heterocycles. The van der Waals surface area contributed by atoms with Crippen LogP contribution in [0.15, 0.2) is 41.3 Å². The average molecular weight is 325 g/mol. The Morgan fingerprint density at radius 1 is 1.08 bits per heavy atom. The van der Waals surface area contributed by atoms with Crippen molar-refractivity contribution in [2.24, 2.45) is 12.5 Å². The molecule has 2 aromatic heterocycles. The van der Waals surface area contributed by atoms with Crippen LogP contribution < -0.4 is 10.4 Å². The summed E-state index contributed by atoms with van der Waals surface area (Å²) >= 11 is 0. The van der Waals surface area contributed by atoms with E-state index in [0.29, 0.717) is 12.4 Å². The average Bonchev–Trinajstić information content (AvgIpc) is 2.78. The van der Waals surface area contributed by atoms with Crippen LogP contribution in [-0.2, 0) is 13.6 Å². The van der Waals surface area contributed by atoms with Crippen LogP contribution in [0.2, 0.25) is 0 Å². The quantitative estimate of drug-likeness (QED) is 0.741. The van der Waals surface area contributed by atoms with Crippen LogP contribution in [0.5, 0.6) is 5.88 Å². The van der Waals surface area contributed by atoms with E-state index in [1.807, 2.05) is 41.9 Å². The largest absolute Gasteiger partial charge is 0.481 e. The van der Waals surface area contributed by atoms with Crippen molar-refractivity contribution in [3.8, 4) is 17.0 Å². The third kappa shape index (κ3) is 2.94. The minimum absolute atomic E-state index is 0.0179. The summed E-state index contributed by atoms with van der Waals surface area (Å²) in [6.07, 6.45) is 1.72. The first kappa shape index (κ1) is 16.3. The van der Waals surface area contributed by atoms with Crippen LogP contribution >= 0.6 is 0 Å². The molecule has 0 amide bonds. The minimum atomic E-state index is 0.0179. The minimum Gasteiger partial charge on any atom is -0.481 e. The fourth-order valence-corrected chi connectivity index (χ4v) is 2.91. The van der Waals surface area contributed by atoms with Crippen molar-refractivity contribution in [2.75, 3.05) is 7.11 Å². The van der Waals surface area contributed by atoms with Crippen molar-refractivity contribution in [3.05, 3.63) is 47.0 Å². The lowest BCUT2D eigenvalue weighted by molar-refractivity contribution is 0.342. The lowest BCUT2D eigenvalue weighted by Gasteiger charge is -2.18. The Balaban J connectivity index is 2.15. The maximum absolute atomic E-state index is 12.6. The van der Waals surface area contributed by atoms with Crippen molar-refractivity contribution < 1.29 is 4.74 Å². The zero-order valence-electron chi connectivity index (χ0n) is 14.8. The SMILES string of the molecule is COc1cc(-c2ccc3c(c2)n(C)c(=O)n3CC(C)(C)C)ccn1. The fourth-order valence-electron chi connectivity index (χ4n) is 2.91. The standard InChI is InChI=1S/C19H23N3O2/c1-19(2,3)12-22-15-7-6-13(10-16(15)21(4)18(22)23)14-8-9-20-17(11-14)24-5/h6-11H,12H2,1-5H3. The second-order valence-electron chi connectivity index (χ2n) is 7.28. The lowest BCUT2D eigenvalue weighted by Crippen LogP contribution is -2.27. The maximum atomic E-state index is 12.6. The molecule has 0 N–H and O–H groups in total. The van der Waals surface area contributed by atoms with E-state index in [-0.39, 0.29) is 11.1 Å². The third-order valence-electron chi connectivity index (χ3n) is 4.06. The first-order valence-corrected chi connectivity index (χ1v) is 8.00. The highest BCUT2D eigenvalue weighted by Crippen LogP contribution is 2.27. The Labute approximate surface area is 141 Å². The number of fused-ring (bicyclic) bond motifs is 1. The number of ether oxygens (including phenoxy) is 1. The number of methoxy groups -OCH3 is 1. The van der Waals surface area contributed by atoms with Gasteiger partial charge < -0.3 is 4.74 Å². The predicted molar refractivity (Wildman–Crippen MR) is 96.4 cm³/mol. The molecule has 0 spiro atoms. The van der Waals surface area contributed by atoms with Gasteiger partial charge in [-0.25, -0.2) is 9.78 Å². The summed E-state index contributed by atoms with van der Waals surface area (Å²) in [4.78, 5) is 16.8. The summed E-state index contributed by atoms with van der Waals surface area (Å²) in [7, 11) is 3.42. The lowest BCUT2D eigenvalue weighted by atomic mass is 9.97. The molecule has 0 fully saturated rings. The van der Waals surface area contributed by atoms with Gasteiger partial charge in [0.05, 0.1) is 18.1 Å². The second-order valence-corrected chi connectivity index (χ2v) is 7.28. The Kier molecular flexibility index (Phi) is 3.95. The normalized spacial score (nSPS) is 11.9. The molecule has 1 aromatic carbocycles. The number of benzene rings is 1. The van der Waals surface area contributed by atoms with E-state index in [1.54, 1.807) is 17.9 Å². The maximum Gasteiger partial charge on any atom is 0.328 e. The van der Waals surface area contributed by atoms with Gasteiger partial charge in [0, 0.05) is 25.9 Å². The molecule has 3 rings (SSSR count). The van der Waals surface area contributed by atoms with Gasteiger partial charge in [0.25, 0.3) is 0 Å². The van der Waals surface area contributed by atoms with Crippen LogP contribution in [0.25, 0.3) is 22.2 Å². The van der Waals surface area contributed by atoms with Crippen molar-refractivity contribution in [3.63, 3.8) is 0 Å². The van der Waals surface area contributed by atoms with Crippen molar-refractivity contribution in [2.45, 2.75) is 27.3 Å². The molecule has 3 aromatic rings. The molecule has 0 atom stereocenters. The van der Waals surface area contributed by atoms with Gasteiger partial charge in [0.15, 0.2) is 0 Å². The molecule has 0 saturated carbocycles. The van der Waals surface area contributed by atoms with Crippen LogP contribution in [0.1, 0.15) is 20.8 Å². The molecule has 0 saturated heterocycles. The molecule has 0 bridgehead atoms. The first-order chi connectivity index (χ1) is 11.3. The summed E-state index contributed by atoms with van der Waals surface area (Å²) in [6, 6.07) is 9.93. The predicted octanol–water partition coefficient (Wildman–Crippen LogP) is 3.46. The van der Waals surface area contributed by atoms with Gasteiger partial charge in [-0.3, -0.25) is 9.13 Å². The summed E-state index contributed by atoms with van der Waals surface area (Å²) in [6.45, 7) is 7.09. The topological polar surface area (TPSA) is 49.0 Å². The molecule has 0 unspecified atom stereocenters. The highest BCUT2D eigenvalue weighted by molar-refractivity contribution is 5.82. The Hall–Kier alpha value is -2.56. The van der Waals surface area contributed by atoms with Crippen molar-refractivity contribution in [1.29, 1.82) is 0 Å². The van der Waals surface area contributed by atoms with Crippen LogP contribution in [-0.4, -0.2) is 21.2 Å². The number of nitrogens with zero attached hydrogens (tertiary/aromatic N) is 3. The van der Waals surface area contributed by atoms with Crippen LogP contribution in [0.4, 0.5) is 0 Å². The monoisotopic (exact) mass is 325 g/mol. The number of aryl methyl sites for hydroxylation is 1. The van der Waals surface area contributed by atoms with Gasteiger partial charge in [-0.15, -0.1) is 0 Å². The number of aromatic nitrogens is 3. The van der Waals surface area contributed by atoms with E-state index in [4.69, 9.17) is 4.74 Å². The van der Waals surface area contributed by atoms with Gasteiger partial charge in [-0.2, -0.15) is 0 Å². The molecule has 126 valence electrons. The Morgan fingerprint density at radius 2 is 1.79 bits per heavy atom. The van der Waals surface area contributed by atoms with Gasteiger partial charge in [0.2, 0.25) is 5.88 Å². The van der Waals surface area contributed by atoms with Crippen LogP contribution in [0, 0.1) is 5.41 Å². The number of imidazole rings is 1. The fraction of sp³-hybridized carbons (Fsp3) is 0.368. The highest BCUT2D eigenvalue weighted by Gasteiger charge is 2.18. The molecule has 24 heavy (non-hydrogen) atoms. The van der Waals surface area contributed by atoms with Gasteiger partial charge in [-0.1, -0.05) is 26.8 Å². The zero-order chi connectivity index (χ0) is 17.5. The van der Waals surface area contributed by atoms with E-state index in [2.05, 4.69) is 25.8 Å². The third-order valence-corrected chi connectivity index (χ3v) is 4.06. The van der Waals surface area contributed by atoms with Gasteiger partial charge >= 0.3 is 5.69 Å².